The Morgan fingerprint density at radius 3 is 2.93 bits per heavy atom. The number of nitrogens with two attached hydrogens (primary N) is 1. The molecule has 2 aromatic heterocycles. The van der Waals surface area contributed by atoms with Gasteiger partial charge >= 0.3 is 11.8 Å². The average Bonchev–Trinajstić information content (AvgIpc) is 2.45. The smallest absolute Gasteiger partial charge is 0.358 e. The molecule has 0 saturated carbocycles. The minimum atomic E-state index is -0.595. The predicted octanol–water partition coefficient (Wildman–Crippen LogP) is 1.48. The molecule has 0 unspecified atom stereocenters. The maximum absolute atomic E-state index is 10.6. The van der Waals surface area contributed by atoms with E-state index in [1.54, 1.807) is 12.1 Å². The number of hydrogen-bond donors (Lipinski definition) is 1. The van der Waals surface area contributed by atoms with Crippen LogP contribution in [0.2, 0.25) is 5.15 Å². The lowest BCUT2D eigenvalue weighted by Crippen LogP contribution is -1.94. The normalized spacial score (nSPS) is 10.6. The van der Waals surface area contributed by atoms with Gasteiger partial charge in [0, 0.05) is 4.98 Å². The maximum atomic E-state index is 10.6. The second-order valence-corrected chi connectivity index (χ2v) is 3.01. The van der Waals surface area contributed by atoms with E-state index in [1.165, 1.54) is 10.5 Å². The van der Waals surface area contributed by atoms with Crippen LogP contribution in [0.5, 0.6) is 0 Å². The number of nitrogens with zero attached hydrogens (tertiary/aromatic N) is 3. The molecule has 0 aromatic carbocycles. The van der Waals surface area contributed by atoms with Crippen LogP contribution >= 0.6 is 11.6 Å². The molecule has 14 heavy (non-hydrogen) atoms. The summed E-state index contributed by atoms with van der Waals surface area (Å²) in [4.78, 5) is 13.6. The van der Waals surface area contributed by atoms with Gasteiger partial charge in [0.2, 0.25) is 0 Å². The summed E-state index contributed by atoms with van der Waals surface area (Å²) in [5, 5.41) is 10.9. The largest absolute Gasteiger partial charge is 0.391 e. The highest BCUT2D eigenvalue weighted by Gasteiger charge is 2.21. The Labute approximate surface area is 83.1 Å². The number of rotatable bonds is 1. The SMILES string of the molecule is Nc1nc([N+](=O)[O-])c2cccc(Cl)n12. The fourth-order valence-corrected chi connectivity index (χ4v) is 1.49. The van der Waals surface area contributed by atoms with E-state index in [2.05, 4.69) is 4.98 Å². The van der Waals surface area contributed by atoms with Gasteiger partial charge in [0.1, 0.15) is 10.7 Å². The highest BCUT2D eigenvalue weighted by molar-refractivity contribution is 6.30. The van der Waals surface area contributed by atoms with Crippen LogP contribution in [0.3, 0.4) is 0 Å². The molecule has 2 N–H and O–H groups in total. The molecule has 2 heterocycles. The lowest BCUT2D eigenvalue weighted by atomic mass is 10.4. The van der Waals surface area contributed by atoms with Crippen LogP contribution in [0.25, 0.3) is 5.52 Å². The summed E-state index contributed by atoms with van der Waals surface area (Å²) in [6.45, 7) is 0. The Kier molecular flexibility index (Phi) is 1.78. The number of halogens is 1. The van der Waals surface area contributed by atoms with Gasteiger partial charge < -0.3 is 15.8 Å². The first-order valence-corrected chi connectivity index (χ1v) is 4.06. The molecular weight excluding hydrogens is 208 g/mol. The Hall–Kier alpha value is -1.82. The highest BCUT2D eigenvalue weighted by atomic mass is 35.5. The van der Waals surface area contributed by atoms with Crippen LogP contribution in [-0.2, 0) is 0 Å². The molecule has 0 bridgehead atoms. The van der Waals surface area contributed by atoms with Crippen LogP contribution in [-0.4, -0.2) is 14.3 Å². The van der Waals surface area contributed by atoms with Crippen LogP contribution in [0.1, 0.15) is 0 Å². The number of nitrogen functional groups attached to an aromatic ring is 1. The van der Waals surface area contributed by atoms with Crippen molar-refractivity contribution in [3.05, 3.63) is 33.5 Å². The van der Waals surface area contributed by atoms with E-state index >= 15 is 0 Å². The zero-order chi connectivity index (χ0) is 10.3. The minimum Gasteiger partial charge on any atom is -0.358 e. The number of nitro groups is 1. The van der Waals surface area contributed by atoms with Crippen molar-refractivity contribution in [3.63, 3.8) is 0 Å². The van der Waals surface area contributed by atoms with Gasteiger partial charge in [-0.25, -0.2) is 4.40 Å². The van der Waals surface area contributed by atoms with Crippen LogP contribution in [0, 0.1) is 10.1 Å². The second kappa shape index (κ2) is 2.85. The highest BCUT2D eigenvalue weighted by Crippen LogP contribution is 2.25. The van der Waals surface area contributed by atoms with Gasteiger partial charge in [0.25, 0.3) is 0 Å². The second-order valence-electron chi connectivity index (χ2n) is 2.62. The first-order chi connectivity index (χ1) is 6.61. The van der Waals surface area contributed by atoms with E-state index in [0.29, 0.717) is 10.7 Å². The number of aromatic nitrogens is 2. The Balaban J connectivity index is 2.91. The van der Waals surface area contributed by atoms with Crippen molar-refractivity contribution >= 4 is 28.9 Å². The molecule has 7 heteroatoms. The average molecular weight is 213 g/mol. The minimum absolute atomic E-state index is 0.0114. The Morgan fingerprint density at radius 2 is 2.29 bits per heavy atom. The number of pyridine rings is 1. The third-order valence-corrected chi connectivity index (χ3v) is 2.09. The zero-order valence-corrected chi connectivity index (χ0v) is 7.60. The van der Waals surface area contributed by atoms with Crippen LogP contribution in [0.15, 0.2) is 18.2 Å². The molecule has 2 aromatic rings. The summed E-state index contributed by atoms with van der Waals surface area (Å²) in [6, 6.07) is 4.72. The lowest BCUT2D eigenvalue weighted by molar-refractivity contribution is -0.387. The topological polar surface area (TPSA) is 86.5 Å². The number of hydrogen-bond acceptors (Lipinski definition) is 4. The van der Waals surface area contributed by atoms with Gasteiger partial charge in [-0.2, -0.15) is 0 Å². The molecule has 0 fully saturated rings. The van der Waals surface area contributed by atoms with Gasteiger partial charge in [-0.3, -0.25) is 0 Å². The third kappa shape index (κ3) is 1.08. The van der Waals surface area contributed by atoms with E-state index in [0.717, 1.165) is 0 Å². The van der Waals surface area contributed by atoms with Crippen molar-refractivity contribution in [1.29, 1.82) is 0 Å². The Bertz CT molecular complexity index is 522. The third-order valence-electron chi connectivity index (χ3n) is 1.79. The first kappa shape index (κ1) is 8.76. The van der Waals surface area contributed by atoms with E-state index in [1.807, 2.05) is 0 Å². The van der Waals surface area contributed by atoms with E-state index in [-0.39, 0.29) is 11.8 Å². The van der Waals surface area contributed by atoms with Crippen molar-refractivity contribution in [2.24, 2.45) is 0 Å². The lowest BCUT2D eigenvalue weighted by Gasteiger charge is -1.95. The summed E-state index contributed by atoms with van der Waals surface area (Å²) in [5.41, 5.74) is 5.77. The predicted molar refractivity (Wildman–Crippen MR) is 51.3 cm³/mol. The van der Waals surface area contributed by atoms with Crippen molar-refractivity contribution in [3.8, 4) is 0 Å². The summed E-state index contributed by atoms with van der Waals surface area (Å²) in [5.74, 6) is -0.276. The molecule has 0 aliphatic heterocycles. The zero-order valence-electron chi connectivity index (χ0n) is 6.85. The van der Waals surface area contributed by atoms with Crippen LogP contribution < -0.4 is 5.73 Å². The van der Waals surface area contributed by atoms with Gasteiger partial charge in [-0.1, -0.05) is 17.7 Å². The van der Waals surface area contributed by atoms with Crippen molar-refractivity contribution in [2.45, 2.75) is 0 Å². The fourth-order valence-electron chi connectivity index (χ4n) is 1.24. The monoisotopic (exact) mass is 212 g/mol. The molecule has 0 amide bonds. The molecule has 0 spiro atoms. The van der Waals surface area contributed by atoms with Gasteiger partial charge in [-0.15, -0.1) is 0 Å². The molecule has 2 rings (SSSR count). The number of fused-ring (bicyclic) bond motifs is 1. The van der Waals surface area contributed by atoms with E-state index in [4.69, 9.17) is 17.3 Å². The fraction of sp³-hybridized carbons (Fsp3) is 0. The maximum Gasteiger partial charge on any atom is 0.391 e. The summed E-state index contributed by atoms with van der Waals surface area (Å²) in [6.07, 6.45) is 0. The van der Waals surface area contributed by atoms with Crippen molar-refractivity contribution in [1.82, 2.24) is 9.38 Å². The number of anilines is 1. The van der Waals surface area contributed by atoms with Crippen molar-refractivity contribution < 1.29 is 4.92 Å². The summed E-state index contributed by atoms with van der Waals surface area (Å²) in [7, 11) is 0. The standard InChI is InChI=1S/C7H5ClN4O2/c8-5-3-1-2-4-6(12(13)14)10-7(9)11(4)5/h1-3H,(H2,9,10). The Morgan fingerprint density at radius 1 is 1.57 bits per heavy atom. The molecular formula is C7H5ClN4O2. The molecule has 72 valence electrons. The van der Waals surface area contributed by atoms with E-state index in [9.17, 15) is 10.1 Å². The first-order valence-electron chi connectivity index (χ1n) is 3.68. The molecule has 0 saturated heterocycles. The van der Waals surface area contributed by atoms with Gasteiger partial charge in [-0.05, 0) is 17.1 Å². The van der Waals surface area contributed by atoms with Crippen molar-refractivity contribution in [2.75, 3.05) is 5.73 Å². The number of imidazole rings is 1. The summed E-state index contributed by atoms with van der Waals surface area (Å²) >= 11 is 5.80. The molecule has 0 aliphatic rings. The molecule has 0 aliphatic carbocycles. The van der Waals surface area contributed by atoms with Gasteiger partial charge in [0.15, 0.2) is 0 Å². The molecule has 0 radical (unpaired) electrons. The van der Waals surface area contributed by atoms with E-state index < -0.39 is 4.92 Å². The van der Waals surface area contributed by atoms with Crippen LogP contribution in [0.4, 0.5) is 11.8 Å². The molecule has 6 nitrogen and oxygen atoms in total. The summed E-state index contributed by atoms with van der Waals surface area (Å²) < 4.78 is 1.32. The van der Waals surface area contributed by atoms with Gasteiger partial charge in [0.05, 0.1) is 0 Å². The quantitative estimate of drug-likeness (QED) is 0.441. The molecule has 0 atom stereocenters.